The van der Waals surface area contributed by atoms with Crippen molar-refractivity contribution in [1.82, 2.24) is 4.31 Å². The van der Waals surface area contributed by atoms with Crippen molar-refractivity contribution in [1.29, 1.82) is 0 Å². The van der Waals surface area contributed by atoms with Gasteiger partial charge in [-0.15, -0.1) is 0 Å². The molecule has 1 heterocycles. The first-order valence-electron chi connectivity index (χ1n) is 6.78. The van der Waals surface area contributed by atoms with Gasteiger partial charge in [-0.2, -0.15) is 4.31 Å². The molecule has 1 aromatic rings. The lowest BCUT2D eigenvalue weighted by Gasteiger charge is -2.26. The molecule has 8 heteroatoms. The number of anilines is 1. The number of nitrogens with zero attached hydrogens (tertiary/aromatic N) is 1. The lowest BCUT2D eigenvalue weighted by Crippen LogP contribution is -2.41. The third-order valence-corrected chi connectivity index (χ3v) is 7.37. The summed E-state index contributed by atoms with van der Waals surface area (Å²) in [5, 5.41) is 0. The van der Waals surface area contributed by atoms with Crippen LogP contribution in [0.1, 0.15) is 18.9 Å². The van der Waals surface area contributed by atoms with E-state index in [4.69, 9.17) is 5.73 Å². The molecule has 21 heavy (non-hydrogen) atoms. The van der Waals surface area contributed by atoms with E-state index in [2.05, 4.69) is 0 Å². The number of nitrogens with two attached hydrogens (primary N) is 1. The first kappa shape index (κ1) is 16.3. The van der Waals surface area contributed by atoms with Crippen molar-refractivity contribution in [2.75, 3.05) is 23.8 Å². The van der Waals surface area contributed by atoms with E-state index in [-0.39, 0.29) is 23.8 Å². The van der Waals surface area contributed by atoms with E-state index in [0.29, 0.717) is 17.7 Å². The summed E-state index contributed by atoms with van der Waals surface area (Å²) < 4.78 is 49.5. The molecule has 0 aromatic heterocycles. The fourth-order valence-electron chi connectivity index (χ4n) is 2.63. The molecule has 1 aromatic carbocycles. The van der Waals surface area contributed by atoms with Crippen LogP contribution in [-0.2, 0) is 25.6 Å². The van der Waals surface area contributed by atoms with Crippen molar-refractivity contribution in [3.63, 3.8) is 0 Å². The number of para-hydroxylation sites is 1. The minimum absolute atomic E-state index is 0.0527. The lowest BCUT2D eigenvalue weighted by atomic mass is 10.2. The van der Waals surface area contributed by atoms with Crippen LogP contribution in [0.5, 0.6) is 0 Å². The Morgan fingerprint density at radius 2 is 2.00 bits per heavy atom. The summed E-state index contributed by atoms with van der Waals surface area (Å²) in [7, 11) is -6.72. The minimum Gasteiger partial charge on any atom is -0.398 e. The Morgan fingerprint density at radius 1 is 1.33 bits per heavy atom. The quantitative estimate of drug-likeness (QED) is 0.797. The van der Waals surface area contributed by atoms with Crippen LogP contribution >= 0.6 is 0 Å². The average molecular weight is 332 g/mol. The number of sulfone groups is 1. The van der Waals surface area contributed by atoms with Crippen molar-refractivity contribution >= 4 is 25.5 Å². The van der Waals surface area contributed by atoms with E-state index < -0.39 is 25.9 Å². The molecule has 118 valence electrons. The Labute approximate surface area is 125 Å². The van der Waals surface area contributed by atoms with E-state index in [1.54, 1.807) is 31.2 Å². The number of hydrogen-bond donors (Lipinski definition) is 1. The summed E-state index contributed by atoms with van der Waals surface area (Å²) in [6.45, 7) is 1.98. The van der Waals surface area contributed by atoms with Gasteiger partial charge in [-0.3, -0.25) is 0 Å². The van der Waals surface area contributed by atoms with Crippen molar-refractivity contribution in [2.24, 2.45) is 0 Å². The predicted molar refractivity (Wildman–Crippen MR) is 82.9 cm³/mol. The van der Waals surface area contributed by atoms with Gasteiger partial charge in [-0.25, -0.2) is 16.8 Å². The van der Waals surface area contributed by atoms with E-state index in [0.717, 1.165) is 0 Å². The van der Waals surface area contributed by atoms with E-state index in [1.165, 1.54) is 4.31 Å². The summed E-state index contributed by atoms with van der Waals surface area (Å²) >= 11 is 0. The Balaban J connectivity index is 2.23. The first-order chi connectivity index (χ1) is 9.75. The van der Waals surface area contributed by atoms with Gasteiger partial charge in [-0.1, -0.05) is 25.1 Å². The third-order valence-electron chi connectivity index (χ3n) is 3.68. The maximum Gasteiger partial charge on any atom is 0.218 e. The average Bonchev–Trinajstić information content (AvgIpc) is 2.72. The van der Waals surface area contributed by atoms with Crippen molar-refractivity contribution in [3.05, 3.63) is 29.8 Å². The molecule has 0 bridgehead atoms. The van der Waals surface area contributed by atoms with Crippen LogP contribution in [0.15, 0.2) is 24.3 Å². The second-order valence-corrected chi connectivity index (χ2v) is 9.37. The van der Waals surface area contributed by atoms with Crippen molar-refractivity contribution < 1.29 is 16.8 Å². The second kappa shape index (κ2) is 5.94. The Hall–Kier alpha value is -1.12. The number of hydrogen-bond acceptors (Lipinski definition) is 5. The van der Waals surface area contributed by atoms with Crippen LogP contribution in [0.3, 0.4) is 0 Å². The van der Waals surface area contributed by atoms with E-state index >= 15 is 0 Å². The zero-order valence-electron chi connectivity index (χ0n) is 11.9. The van der Waals surface area contributed by atoms with Crippen LogP contribution in [0.4, 0.5) is 5.69 Å². The van der Waals surface area contributed by atoms with Gasteiger partial charge in [0.15, 0.2) is 9.84 Å². The summed E-state index contributed by atoms with van der Waals surface area (Å²) in [6, 6.07) is 6.34. The van der Waals surface area contributed by atoms with E-state index in [9.17, 15) is 16.8 Å². The molecular weight excluding hydrogens is 312 g/mol. The predicted octanol–water partition coefficient (Wildman–Crippen LogP) is 0.608. The topological polar surface area (TPSA) is 97.5 Å². The van der Waals surface area contributed by atoms with Gasteiger partial charge >= 0.3 is 0 Å². The molecule has 6 nitrogen and oxygen atoms in total. The number of nitrogen functional groups attached to an aromatic ring is 1. The largest absolute Gasteiger partial charge is 0.398 e. The van der Waals surface area contributed by atoms with Gasteiger partial charge in [-0.05, 0) is 18.1 Å². The molecule has 0 radical (unpaired) electrons. The highest BCUT2D eigenvalue weighted by atomic mass is 32.2. The van der Waals surface area contributed by atoms with Gasteiger partial charge in [0.2, 0.25) is 10.0 Å². The van der Waals surface area contributed by atoms with Crippen LogP contribution in [-0.4, -0.2) is 45.2 Å². The molecule has 0 aliphatic carbocycles. The molecule has 2 N–H and O–H groups in total. The highest BCUT2D eigenvalue weighted by Gasteiger charge is 2.37. The smallest absolute Gasteiger partial charge is 0.218 e. The molecule has 1 aliphatic heterocycles. The monoisotopic (exact) mass is 332 g/mol. The molecule has 1 atom stereocenters. The van der Waals surface area contributed by atoms with Crippen LogP contribution < -0.4 is 5.73 Å². The molecule has 0 saturated carbocycles. The van der Waals surface area contributed by atoms with Gasteiger partial charge in [0.05, 0.1) is 17.3 Å². The molecule has 1 saturated heterocycles. The first-order valence-corrected chi connectivity index (χ1v) is 10.2. The third kappa shape index (κ3) is 3.75. The summed E-state index contributed by atoms with van der Waals surface area (Å²) in [6.07, 6.45) is 0.361. The Bertz CT molecular complexity index is 713. The number of rotatable bonds is 5. The lowest BCUT2D eigenvalue weighted by molar-refractivity contribution is 0.354. The Morgan fingerprint density at radius 3 is 2.52 bits per heavy atom. The zero-order chi connectivity index (χ0) is 15.7. The molecule has 0 amide bonds. The second-order valence-electron chi connectivity index (χ2n) is 5.22. The SMILES string of the molecule is CCN(C1CCS(=O)(=O)C1)S(=O)(=O)Cc1ccccc1N. The molecule has 2 rings (SSSR count). The molecule has 0 spiro atoms. The summed E-state index contributed by atoms with van der Waals surface area (Å²) in [4.78, 5) is 0. The maximum absolute atomic E-state index is 12.6. The highest BCUT2D eigenvalue weighted by molar-refractivity contribution is 7.92. The minimum atomic E-state index is -3.59. The van der Waals surface area contributed by atoms with Gasteiger partial charge in [0, 0.05) is 18.3 Å². The fraction of sp³-hybridized carbons (Fsp3) is 0.538. The fourth-order valence-corrected chi connectivity index (χ4v) is 6.30. The van der Waals surface area contributed by atoms with Crippen LogP contribution in [0, 0.1) is 0 Å². The number of benzene rings is 1. The van der Waals surface area contributed by atoms with E-state index in [1.807, 2.05) is 0 Å². The van der Waals surface area contributed by atoms with Crippen molar-refractivity contribution in [3.8, 4) is 0 Å². The maximum atomic E-state index is 12.6. The van der Waals surface area contributed by atoms with Gasteiger partial charge < -0.3 is 5.73 Å². The molecular formula is C13H20N2O4S2. The molecule has 1 unspecified atom stereocenters. The normalized spacial score (nSPS) is 21.7. The summed E-state index contributed by atoms with van der Waals surface area (Å²) in [5.41, 5.74) is 6.75. The van der Waals surface area contributed by atoms with Crippen LogP contribution in [0.25, 0.3) is 0 Å². The van der Waals surface area contributed by atoms with Gasteiger partial charge in [0.25, 0.3) is 0 Å². The number of sulfonamides is 1. The highest BCUT2D eigenvalue weighted by Crippen LogP contribution is 2.24. The standard InChI is InChI=1S/C13H20N2O4S2/c1-2-15(12-7-8-20(16,17)10-12)21(18,19)9-11-5-3-4-6-13(11)14/h3-6,12H,2,7-10,14H2,1H3. The summed E-state index contributed by atoms with van der Waals surface area (Å²) in [5.74, 6) is -0.244. The molecule has 1 fully saturated rings. The Kier molecular flexibility index (Phi) is 4.60. The van der Waals surface area contributed by atoms with Crippen LogP contribution in [0.2, 0.25) is 0 Å². The van der Waals surface area contributed by atoms with Gasteiger partial charge in [0.1, 0.15) is 0 Å². The zero-order valence-corrected chi connectivity index (χ0v) is 13.5. The molecule has 1 aliphatic rings. The van der Waals surface area contributed by atoms with Crippen molar-refractivity contribution in [2.45, 2.75) is 25.1 Å².